The molecule has 0 saturated heterocycles. The molecule has 0 spiro atoms. The standard InChI is InChI=1S/C20H21F2NO2/c1-2-11-25-15-19(24)14-23(12-16-7-9-18(21)10-8-16)13-17-5-3-4-6-20(17)22/h1,3-10,19,24H,11-15H2/t19-/m1/s1. The van der Waals surface area contributed by atoms with E-state index in [9.17, 15) is 13.9 Å². The molecule has 0 aliphatic heterocycles. The number of aliphatic hydroxyl groups excluding tert-OH is 1. The lowest BCUT2D eigenvalue weighted by molar-refractivity contribution is 0.0241. The average molecular weight is 345 g/mol. The van der Waals surface area contributed by atoms with Gasteiger partial charge in [0.25, 0.3) is 0 Å². The second-order valence-electron chi connectivity index (χ2n) is 5.76. The van der Waals surface area contributed by atoms with Crippen LogP contribution >= 0.6 is 0 Å². The molecule has 0 heterocycles. The number of nitrogens with zero attached hydrogens (tertiary/aromatic N) is 1. The zero-order valence-electron chi connectivity index (χ0n) is 13.9. The molecular weight excluding hydrogens is 324 g/mol. The van der Waals surface area contributed by atoms with E-state index in [0.717, 1.165) is 5.56 Å². The lowest BCUT2D eigenvalue weighted by Crippen LogP contribution is -2.34. The van der Waals surface area contributed by atoms with Crippen LogP contribution in [0, 0.1) is 24.0 Å². The minimum absolute atomic E-state index is 0.0986. The molecule has 5 heteroatoms. The van der Waals surface area contributed by atoms with Gasteiger partial charge in [0.2, 0.25) is 0 Å². The van der Waals surface area contributed by atoms with Crippen molar-refractivity contribution in [2.45, 2.75) is 19.2 Å². The molecule has 1 N–H and O–H groups in total. The minimum atomic E-state index is -0.763. The van der Waals surface area contributed by atoms with E-state index in [1.807, 2.05) is 4.90 Å². The topological polar surface area (TPSA) is 32.7 Å². The van der Waals surface area contributed by atoms with Gasteiger partial charge in [-0.3, -0.25) is 4.90 Å². The smallest absolute Gasteiger partial charge is 0.127 e. The number of hydrogen-bond acceptors (Lipinski definition) is 3. The Hall–Kier alpha value is -2.26. The Kier molecular flexibility index (Phi) is 7.55. The Bertz CT molecular complexity index is 698. The predicted molar refractivity (Wildman–Crippen MR) is 92.6 cm³/mol. The molecule has 0 amide bonds. The average Bonchev–Trinajstić information content (AvgIpc) is 2.59. The van der Waals surface area contributed by atoms with Gasteiger partial charge in [0.15, 0.2) is 0 Å². The fourth-order valence-electron chi connectivity index (χ4n) is 2.51. The molecule has 0 unspecified atom stereocenters. The SMILES string of the molecule is C#CCOC[C@H](O)CN(Cc1ccc(F)cc1)Cc1ccccc1F. The zero-order chi connectivity index (χ0) is 18.1. The highest BCUT2D eigenvalue weighted by Gasteiger charge is 2.15. The predicted octanol–water partition coefficient (Wildman–Crippen LogP) is 2.98. The van der Waals surface area contributed by atoms with Crippen molar-refractivity contribution in [3.63, 3.8) is 0 Å². The van der Waals surface area contributed by atoms with Gasteiger partial charge in [0, 0.05) is 25.2 Å². The number of hydrogen-bond donors (Lipinski definition) is 1. The fourth-order valence-corrected chi connectivity index (χ4v) is 2.51. The van der Waals surface area contributed by atoms with Crippen molar-refractivity contribution < 1.29 is 18.6 Å². The van der Waals surface area contributed by atoms with Crippen LogP contribution in [0.3, 0.4) is 0 Å². The Balaban J connectivity index is 2.06. The first-order valence-electron chi connectivity index (χ1n) is 7.98. The van der Waals surface area contributed by atoms with Crippen molar-refractivity contribution in [3.8, 4) is 12.3 Å². The highest BCUT2D eigenvalue weighted by Crippen LogP contribution is 2.14. The van der Waals surface area contributed by atoms with Gasteiger partial charge in [0.05, 0.1) is 12.7 Å². The van der Waals surface area contributed by atoms with Gasteiger partial charge in [-0.2, -0.15) is 0 Å². The van der Waals surface area contributed by atoms with E-state index in [-0.39, 0.29) is 31.4 Å². The van der Waals surface area contributed by atoms with Gasteiger partial charge in [-0.05, 0) is 23.8 Å². The van der Waals surface area contributed by atoms with Gasteiger partial charge in [0.1, 0.15) is 18.2 Å². The number of aliphatic hydroxyl groups is 1. The maximum absolute atomic E-state index is 13.9. The van der Waals surface area contributed by atoms with E-state index < -0.39 is 6.10 Å². The van der Waals surface area contributed by atoms with Crippen molar-refractivity contribution in [2.75, 3.05) is 19.8 Å². The highest BCUT2D eigenvalue weighted by atomic mass is 19.1. The summed E-state index contributed by atoms with van der Waals surface area (Å²) in [6.45, 7) is 1.26. The number of halogens is 2. The monoisotopic (exact) mass is 345 g/mol. The third kappa shape index (κ3) is 6.63. The molecule has 0 aliphatic carbocycles. The summed E-state index contributed by atoms with van der Waals surface area (Å²) in [5.74, 6) is 1.72. The first-order chi connectivity index (χ1) is 12.1. The second kappa shape index (κ2) is 9.90. The minimum Gasteiger partial charge on any atom is -0.389 e. The maximum atomic E-state index is 13.9. The largest absolute Gasteiger partial charge is 0.389 e. The molecule has 1 atom stereocenters. The lowest BCUT2D eigenvalue weighted by Gasteiger charge is -2.25. The normalized spacial score (nSPS) is 12.1. The van der Waals surface area contributed by atoms with Crippen LogP contribution in [0.2, 0.25) is 0 Å². The molecular formula is C20H21F2NO2. The van der Waals surface area contributed by atoms with Crippen LogP contribution in [-0.2, 0) is 17.8 Å². The Morgan fingerprint density at radius 3 is 2.48 bits per heavy atom. The van der Waals surface area contributed by atoms with E-state index in [1.165, 1.54) is 18.2 Å². The summed E-state index contributed by atoms with van der Waals surface area (Å²) in [5.41, 5.74) is 1.40. The van der Waals surface area contributed by atoms with E-state index in [1.54, 1.807) is 30.3 Å². The van der Waals surface area contributed by atoms with E-state index in [2.05, 4.69) is 5.92 Å². The second-order valence-corrected chi connectivity index (χ2v) is 5.76. The molecule has 0 fully saturated rings. The first-order valence-corrected chi connectivity index (χ1v) is 7.98. The van der Waals surface area contributed by atoms with Gasteiger partial charge in [-0.1, -0.05) is 36.3 Å². The van der Waals surface area contributed by atoms with Crippen molar-refractivity contribution >= 4 is 0 Å². The Morgan fingerprint density at radius 1 is 1.08 bits per heavy atom. The van der Waals surface area contributed by atoms with Gasteiger partial charge < -0.3 is 9.84 Å². The van der Waals surface area contributed by atoms with Crippen LogP contribution in [0.5, 0.6) is 0 Å². The summed E-state index contributed by atoms with van der Waals surface area (Å²) >= 11 is 0. The van der Waals surface area contributed by atoms with Crippen molar-refractivity contribution in [3.05, 3.63) is 71.3 Å². The molecule has 132 valence electrons. The van der Waals surface area contributed by atoms with Crippen molar-refractivity contribution in [1.29, 1.82) is 0 Å². The number of benzene rings is 2. The van der Waals surface area contributed by atoms with Crippen LogP contribution in [0.15, 0.2) is 48.5 Å². The summed E-state index contributed by atoms with van der Waals surface area (Å²) in [6, 6.07) is 12.6. The molecule has 0 aliphatic rings. The van der Waals surface area contributed by atoms with Gasteiger partial charge in [-0.15, -0.1) is 6.42 Å². The van der Waals surface area contributed by atoms with Crippen molar-refractivity contribution in [1.82, 2.24) is 4.90 Å². The molecule has 2 rings (SSSR count). The summed E-state index contributed by atoms with van der Waals surface area (Å²) < 4.78 is 32.2. The number of terminal acetylenes is 1. The van der Waals surface area contributed by atoms with E-state index >= 15 is 0 Å². The molecule has 0 saturated carbocycles. The molecule has 2 aromatic carbocycles. The molecule has 2 aromatic rings. The third-order valence-corrected chi connectivity index (χ3v) is 3.64. The van der Waals surface area contributed by atoms with Gasteiger partial charge in [-0.25, -0.2) is 8.78 Å². The molecule has 25 heavy (non-hydrogen) atoms. The van der Waals surface area contributed by atoms with E-state index in [4.69, 9.17) is 11.2 Å². The maximum Gasteiger partial charge on any atom is 0.127 e. The molecule has 3 nitrogen and oxygen atoms in total. The van der Waals surface area contributed by atoms with E-state index in [0.29, 0.717) is 18.7 Å². The molecule has 0 bridgehead atoms. The van der Waals surface area contributed by atoms with Crippen LogP contribution in [0.25, 0.3) is 0 Å². The van der Waals surface area contributed by atoms with Gasteiger partial charge >= 0.3 is 0 Å². The Labute approximate surface area is 146 Å². The van der Waals surface area contributed by atoms with Crippen molar-refractivity contribution in [2.24, 2.45) is 0 Å². The number of rotatable bonds is 9. The highest BCUT2D eigenvalue weighted by molar-refractivity contribution is 5.19. The first kappa shape index (κ1) is 19.1. The summed E-state index contributed by atoms with van der Waals surface area (Å²) in [4.78, 5) is 1.88. The molecule has 0 aromatic heterocycles. The zero-order valence-corrected chi connectivity index (χ0v) is 13.9. The van der Waals surface area contributed by atoms with Crippen LogP contribution in [0.1, 0.15) is 11.1 Å². The number of ether oxygens (including phenoxy) is 1. The van der Waals surface area contributed by atoms with Crippen LogP contribution in [0.4, 0.5) is 8.78 Å². The lowest BCUT2D eigenvalue weighted by atomic mass is 10.1. The Morgan fingerprint density at radius 2 is 1.80 bits per heavy atom. The summed E-state index contributed by atoms with van der Waals surface area (Å²) in [5, 5.41) is 10.1. The van der Waals surface area contributed by atoms with Crippen LogP contribution in [-0.4, -0.2) is 35.9 Å². The fraction of sp³-hybridized carbons (Fsp3) is 0.300. The molecule has 0 radical (unpaired) electrons. The third-order valence-electron chi connectivity index (χ3n) is 3.64. The van der Waals surface area contributed by atoms with Crippen LogP contribution < -0.4 is 0 Å². The quantitative estimate of drug-likeness (QED) is 0.560. The summed E-state index contributed by atoms with van der Waals surface area (Å²) in [7, 11) is 0. The summed E-state index contributed by atoms with van der Waals surface area (Å²) in [6.07, 6.45) is 4.35.